The Labute approximate surface area is 61.7 Å². The zero-order valence-electron chi connectivity index (χ0n) is 5.66. The lowest BCUT2D eigenvalue weighted by Crippen LogP contribution is -2.33. The molecule has 0 radical (unpaired) electrons. The number of nitrogens with one attached hydrogen (secondary N) is 2. The largest absolute Gasteiger partial charge is 0.677 e. The van der Waals surface area contributed by atoms with Gasteiger partial charge in [0.15, 0.2) is 0 Å². The van der Waals surface area contributed by atoms with E-state index >= 15 is 0 Å². The summed E-state index contributed by atoms with van der Waals surface area (Å²) in [6, 6.07) is 0. The van der Waals surface area contributed by atoms with Gasteiger partial charge in [-0.3, -0.25) is 4.79 Å². The van der Waals surface area contributed by atoms with Crippen molar-refractivity contribution in [2.24, 2.45) is 0 Å². The van der Waals surface area contributed by atoms with Crippen LogP contribution in [-0.2, 0) is 4.79 Å². The van der Waals surface area contributed by atoms with E-state index in [1.165, 1.54) is 0 Å². The van der Waals surface area contributed by atoms with Crippen LogP contribution >= 0.6 is 0 Å². The van der Waals surface area contributed by atoms with Crippen molar-refractivity contribution in [2.75, 3.05) is 13.1 Å². The smallest absolute Gasteiger partial charge is 0.405 e. The number of rotatable bonds is 3. The molecule has 0 rings (SSSR count). The van der Waals surface area contributed by atoms with Crippen molar-refractivity contribution in [3.63, 3.8) is 0 Å². The quantitative estimate of drug-likeness (QED) is 0.675. The van der Waals surface area contributed by atoms with E-state index in [1.807, 2.05) is 0 Å². The van der Waals surface area contributed by atoms with Gasteiger partial charge in [-0.1, -0.05) is 0 Å². The van der Waals surface area contributed by atoms with Crippen LogP contribution in [0.4, 0.5) is 13.2 Å². The topological polar surface area (TPSA) is 52.9 Å². The van der Waals surface area contributed by atoms with Crippen molar-refractivity contribution in [1.29, 1.82) is 0 Å². The number of amides is 1. The Bertz CT molecular complexity index is 134. The second-order valence-corrected chi connectivity index (χ2v) is 1.89. The third kappa shape index (κ3) is 7.11. The summed E-state index contributed by atoms with van der Waals surface area (Å²) in [5.41, 5.74) is 6.53. The van der Waals surface area contributed by atoms with Gasteiger partial charge < -0.3 is 11.1 Å². The Morgan fingerprint density at radius 2 is 2.00 bits per heavy atom. The first-order valence-corrected chi connectivity index (χ1v) is 2.94. The highest BCUT2D eigenvalue weighted by Crippen LogP contribution is 2.11. The first-order chi connectivity index (χ1) is 4.95. The molecule has 0 spiro atoms. The molecule has 0 aliphatic rings. The minimum absolute atomic E-state index is 0.184. The minimum atomic E-state index is -4.36. The molecular weight excluding hydrogens is 161 g/mol. The summed E-state index contributed by atoms with van der Waals surface area (Å²) in [5, 5.41) is 1.64. The maximum atomic E-state index is 11.4. The van der Waals surface area contributed by atoms with Gasteiger partial charge in [0.25, 0.3) is 0 Å². The van der Waals surface area contributed by atoms with Crippen LogP contribution in [-0.4, -0.2) is 25.2 Å². The normalized spacial score (nSPS) is 11.3. The van der Waals surface area contributed by atoms with Crippen LogP contribution in [0.25, 0.3) is 5.73 Å². The van der Waals surface area contributed by atoms with E-state index in [0.29, 0.717) is 0 Å². The molecule has 0 aromatic rings. The Hall–Kier alpha value is -0.780. The third-order valence-electron chi connectivity index (χ3n) is 0.838. The fourth-order valence-electron chi connectivity index (χ4n) is 0.401. The molecule has 0 aliphatic heterocycles. The number of halogens is 3. The number of alkyl halides is 3. The molecule has 0 unspecified atom stereocenters. The molecular formula is C5H8F3N2O-. The second kappa shape index (κ2) is 4.17. The van der Waals surface area contributed by atoms with Crippen LogP contribution in [0.15, 0.2) is 0 Å². The highest BCUT2D eigenvalue weighted by molar-refractivity contribution is 5.76. The average Bonchev–Trinajstić information content (AvgIpc) is 1.83. The van der Waals surface area contributed by atoms with Gasteiger partial charge in [0.1, 0.15) is 6.54 Å². The van der Waals surface area contributed by atoms with Crippen LogP contribution in [0, 0.1) is 0 Å². The molecule has 0 saturated heterocycles. The van der Waals surface area contributed by atoms with E-state index in [4.69, 9.17) is 5.73 Å². The van der Waals surface area contributed by atoms with Crippen LogP contribution in [0.3, 0.4) is 0 Å². The van der Waals surface area contributed by atoms with Crippen molar-refractivity contribution < 1.29 is 18.0 Å². The van der Waals surface area contributed by atoms with Gasteiger partial charge in [-0.25, -0.2) is 0 Å². The Morgan fingerprint density at radius 3 is 2.36 bits per heavy atom. The van der Waals surface area contributed by atoms with Crippen molar-refractivity contribution in [3.8, 4) is 0 Å². The molecule has 0 fully saturated rings. The summed E-state index contributed by atoms with van der Waals surface area (Å²) in [6.07, 6.45) is -4.55. The van der Waals surface area contributed by atoms with Crippen molar-refractivity contribution in [2.45, 2.75) is 12.6 Å². The zero-order chi connectivity index (χ0) is 8.91. The maximum absolute atomic E-state index is 11.4. The summed E-state index contributed by atoms with van der Waals surface area (Å²) in [7, 11) is 0. The average molecular weight is 169 g/mol. The van der Waals surface area contributed by atoms with E-state index in [-0.39, 0.29) is 13.0 Å². The summed E-state index contributed by atoms with van der Waals surface area (Å²) in [4.78, 5) is 10.4. The predicted molar refractivity (Wildman–Crippen MR) is 32.9 cm³/mol. The SMILES string of the molecule is [NH-]CCC(=O)NCC(F)(F)F. The standard InChI is InChI=1S/C5H8F3N2O/c6-5(7,8)3-10-4(11)1-2-9/h9H,1-3H2,(H,10,11)/q-1. The van der Waals surface area contributed by atoms with Crippen LogP contribution in [0.1, 0.15) is 6.42 Å². The molecule has 0 heterocycles. The van der Waals surface area contributed by atoms with Gasteiger partial charge in [0.2, 0.25) is 5.91 Å². The highest BCUT2D eigenvalue weighted by Gasteiger charge is 2.27. The number of carbonyl (C=O) groups excluding carboxylic acids is 1. The summed E-state index contributed by atoms with van der Waals surface area (Å²) >= 11 is 0. The molecule has 0 bridgehead atoms. The molecule has 6 heteroatoms. The monoisotopic (exact) mass is 169 g/mol. The van der Waals surface area contributed by atoms with E-state index in [1.54, 1.807) is 5.32 Å². The molecule has 0 aromatic carbocycles. The lowest BCUT2D eigenvalue weighted by Gasteiger charge is -2.08. The van der Waals surface area contributed by atoms with Crippen molar-refractivity contribution in [3.05, 3.63) is 5.73 Å². The molecule has 2 N–H and O–H groups in total. The van der Waals surface area contributed by atoms with Crippen molar-refractivity contribution in [1.82, 2.24) is 5.32 Å². The minimum Gasteiger partial charge on any atom is -0.677 e. The number of carbonyl (C=O) groups is 1. The third-order valence-corrected chi connectivity index (χ3v) is 0.838. The van der Waals surface area contributed by atoms with E-state index in [0.717, 1.165) is 0 Å². The summed E-state index contributed by atoms with van der Waals surface area (Å²) in [5.74, 6) is -0.739. The molecule has 0 saturated carbocycles. The van der Waals surface area contributed by atoms with Crippen LogP contribution < -0.4 is 5.32 Å². The summed E-state index contributed by atoms with van der Waals surface area (Å²) < 4.78 is 34.2. The van der Waals surface area contributed by atoms with Crippen LogP contribution in [0.2, 0.25) is 0 Å². The van der Waals surface area contributed by atoms with Gasteiger partial charge in [-0.2, -0.15) is 13.2 Å². The first-order valence-electron chi connectivity index (χ1n) is 2.94. The van der Waals surface area contributed by atoms with Gasteiger partial charge in [0.05, 0.1) is 0 Å². The fraction of sp³-hybridized carbons (Fsp3) is 0.800. The Kier molecular flexibility index (Phi) is 3.88. The predicted octanol–water partition coefficient (Wildman–Crippen LogP) is 1.11. The molecule has 66 valence electrons. The first kappa shape index (κ1) is 10.2. The van der Waals surface area contributed by atoms with Gasteiger partial charge in [-0.15, -0.1) is 6.54 Å². The van der Waals surface area contributed by atoms with Gasteiger partial charge in [-0.05, 0) is 0 Å². The highest BCUT2D eigenvalue weighted by atomic mass is 19.4. The molecule has 0 atom stereocenters. The molecule has 0 aromatic heterocycles. The summed E-state index contributed by atoms with van der Waals surface area (Å²) in [6.45, 7) is -1.50. The van der Waals surface area contributed by atoms with Gasteiger partial charge >= 0.3 is 6.18 Å². The van der Waals surface area contributed by atoms with E-state index < -0.39 is 18.6 Å². The zero-order valence-corrected chi connectivity index (χ0v) is 5.66. The number of hydrogen-bond acceptors (Lipinski definition) is 1. The van der Waals surface area contributed by atoms with E-state index in [2.05, 4.69) is 0 Å². The van der Waals surface area contributed by atoms with Crippen molar-refractivity contribution >= 4 is 5.91 Å². The van der Waals surface area contributed by atoms with Gasteiger partial charge in [0, 0.05) is 6.42 Å². The lowest BCUT2D eigenvalue weighted by molar-refractivity contribution is -0.138. The molecule has 11 heavy (non-hydrogen) atoms. The molecule has 0 aliphatic carbocycles. The molecule has 3 nitrogen and oxygen atoms in total. The number of hydrogen-bond donors (Lipinski definition) is 1. The van der Waals surface area contributed by atoms with E-state index in [9.17, 15) is 18.0 Å². The van der Waals surface area contributed by atoms with Crippen LogP contribution in [0.5, 0.6) is 0 Å². The Balaban J connectivity index is 3.46. The maximum Gasteiger partial charge on any atom is 0.405 e. The fourth-order valence-corrected chi connectivity index (χ4v) is 0.401. The Morgan fingerprint density at radius 1 is 1.45 bits per heavy atom. The second-order valence-electron chi connectivity index (χ2n) is 1.89. The molecule has 1 amide bonds. The lowest BCUT2D eigenvalue weighted by atomic mass is 10.4.